The zero-order chi connectivity index (χ0) is 13.1. The molecule has 19 heavy (non-hydrogen) atoms. The molecule has 3 aromatic rings. The van der Waals surface area contributed by atoms with Gasteiger partial charge in [-0.1, -0.05) is 0 Å². The van der Waals surface area contributed by atoms with Crippen molar-refractivity contribution >= 4 is 5.69 Å². The van der Waals surface area contributed by atoms with Crippen molar-refractivity contribution < 1.29 is 0 Å². The average molecular weight is 248 g/mol. The van der Waals surface area contributed by atoms with Crippen LogP contribution in [0.4, 0.5) is 5.69 Å². The van der Waals surface area contributed by atoms with Crippen LogP contribution in [0.25, 0.3) is 22.4 Å². The third-order valence-corrected chi connectivity index (χ3v) is 2.85. The smallest absolute Gasteiger partial charge is 0.0783 e. The van der Waals surface area contributed by atoms with E-state index in [0.717, 1.165) is 22.4 Å². The molecular weight excluding hydrogens is 236 g/mol. The second-order valence-corrected chi connectivity index (χ2v) is 4.14. The van der Waals surface area contributed by atoms with Crippen molar-refractivity contribution in [1.82, 2.24) is 15.0 Å². The molecule has 0 fully saturated rings. The lowest BCUT2D eigenvalue weighted by atomic mass is 10.0. The monoisotopic (exact) mass is 248 g/mol. The highest BCUT2D eigenvalue weighted by molar-refractivity contribution is 5.82. The van der Waals surface area contributed by atoms with Crippen LogP contribution < -0.4 is 5.73 Å². The van der Waals surface area contributed by atoms with Gasteiger partial charge < -0.3 is 5.73 Å². The van der Waals surface area contributed by atoms with E-state index in [1.807, 2.05) is 30.3 Å². The summed E-state index contributed by atoms with van der Waals surface area (Å²) in [5.74, 6) is 0. The summed E-state index contributed by atoms with van der Waals surface area (Å²) < 4.78 is 0. The minimum atomic E-state index is 0.643. The Hall–Kier alpha value is -2.75. The minimum Gasteiger partial charge on any atom is -0.397 e. The third-order valence-electron chi connectivity index (χ3n) is 2.85. The van der Waals surface area contributed by atoms with Crippen molar-refractivity contribution in [2.75, 3.05) is 5.73 Å². The highest BCUT2D eigenvalue weighted by Crippen LogP contribution is 2.30. The molecule has 0 unspecified atom stereocenters. The molecule has 3 aromatic heterocycles. The lowest BCUT2D eigenvalue weighted by molar-refractivity contribution is 1.28. The Bertz CT molecular complexity index is 681. The van der Waals surface area contributed by atoms with E-state index in [0.29, 0.717) is 5.69 Å². The van der Waals surface area contributed by atoms with Gasteiger partial charge in [0.1, 0.15) is 0 Å². The van der Waals surface area contributed by atoms with E-state index in [2.05, 4.69) is 15.0 Å². The number of hydrogen-bond donors (Lipinski definition) is 1. The molecular formula is C15H12N4. The number of hydrogen-bond acceptors (Lipinski definition) is 4. The summed E-state index contributed by atoms with van der Waals surface area (Å²) in [6.07, 6.45) is 8.69. The molecule has 0 saturated heterocycles. The minimum absolute atomic E-state index is 0.643. The van der Waals surface area contributed by atoms with Crippen LogP contribution in [0.5, 0.6) is 0 Å². The number of nitrogens with zero attached hydrogens (tertiary/aromatic N) is 3. The molecule has 0 atom stereocenters. The van der Waals surface area contributed by atoms with Crippen LogP contribution >= 0.6 is 0 Å². The van der Waals surface area contributed by atoms with Crippen molar-refractivity contribution in [2.45, 2.75) is 0 Å². The van der Waals surface area contributed by atoms with Gasteiger partial charge in [0.05, 0.1) is 17.6 Å². The molecule has 3 rings (SSSR count). The summed E-state index contributed by atoms with van der Waals surface area (Å²) in [5, 5.41) is 0. The van der Waals surface area contributed by atoms with Crippen LogP contribution in [0.2, 0.25) is 0 Å². The first kappa shape index (κ1) is 11.3. The summed E-state index contributed by atoms with van der Waals surface area (Å²) in [6, 6.07) is 9.69. The standard InChI is InChI=1S/C15H12N4/c16-13-9-14(11-1-5-17-6-2-11)15(19-10-13)12-3-7-18-8-4-12/h1-10H,16H2. The Morgan fingerprint density at radius 3 is 2.00 bits per heavy atom. The van der Waals surface area contributed by atoms with Gasteiger partial charge in [0, 0.05) is 35.9 Å². The van der Waals surface area contributed by atoms with Crippen LogP contribution in [-0.4, -0.2) is 15.0 Å². The van der Waals surface area contributed by atoms with E-state index in [9.17, 15) is 0 Å². The molecule has 0 spiro atoms. The van der Waals surface area contributed by atoms with Crippen molar-refractivity contribution in [2.24, 2.45) is 0 Å². The maximum Gasteiger partial charge on any atom is 0.0783 e. The quantitative estimate of drug-likeness (QED) is 0.757. The average Bonchev–Trinajstić information content (AvgIpc) is 2.49. The normalized spacial score (nSPS) is 10.3. The predicted octanol–water partition coefficient (Wildman–Crippen LogP) is 2.79. The SMILES string of the molecule is Nc1cnc(-c2ccncc2)c(-c2ccncc2)c1. The fraction of sp³-hybridized carbons (Fsp3) is 0. The number of aromatic nitrogens is 3. The molecule has 0 aliphatic rings. The van der Waals surface area contributed by atoms with Gasteiger partial charge in [0.2, 0.25) is 0 Å². The van der Waals surface area contributed by atoms with E-state index in [1.165, 1.54) is 0 Å². The number of rotatable bonds is 2. The predicted molar refractivity (Wildman–Crippen MR) is 75.1 cm³/mol. The third kappa shape index (κ3) is 2.28. The Balaban J connectivity index is 2.21. The van der Waals surface area contributed by atoms with Crippen LogP contribution in [-0.2, 0) is 0 Å². The lowest BCUT2D eigenvalue weighted by Crippen LogP contribution is -1.93. The van der Waals surface area contributed by atoms with Gasteiger partial charge in [-0.15, -0.1) is 0 Å². The van der Waals surface area contributed by atoms with Crippen LogP contribution in [0.1, 0.15) is 0 Å². The van der Waals surface area contributed by atoms with E-state index in [4.69, 9.17) is 5.73 Å². The summed E-state index contributed by atoms with van der Waals surface area (Å²) in [4.78, 5) is 12.5. The van der Waals surface area contributed by atoms with Gasteiger partial charge in [-0.3, -0.25) is 15.0 Å². The second-order valence-electron chi connectivity index (χ2n) is 4.14. The van der Waals surface area contributed by atoms with E-state index >= 15 is 0 Å². The van der Waals surface area contributed by atoms with Gasteiger partial charge in [-0.25, -0.2) is 0 Å². The van der Waals surface area contributed by atoms with Crippen molar-refractivity contribution in [3.63, 3.8) is 0 Å². The van der Waals surface area contributed by atoms with E-state index in [-0.39, 0.29) is 0 Å². The summed E-state index contributed by atoms with van der Waals surface area (Å²) in [7, 11) is 0. The largest absolute Gasteiger partial charge is 0.397 e. The summed E-state index contributed by atoms with van der Waals surface area (Å²) in [5.41, 5.74) is 10.4. The molecule has 4 nitrogen and oxygen atoms in total. The molecule has 0 saturated carbocycles. The fourth-order valence-corrected chi connectivity index (χ4v) is 1.97. The molecule has 2 N–H and O–H groups in total. The molecule has 92 valence electrons. The van der Waals surface area contributed by atoms with Crippen LogP contribution in [0.3, 0.4) is 0 Å². The van der Waals surface area contributed by atoms with E-state index in [1.54, 1.807) is 31.0 Å². The number of nitrogens with two attached hydrogens (primary N) is 1. The van der Waals surface area contributed by atoms with E-state index < -0.39 is 0 Å². The van der Waals surface area contributed by atoms with Crippen molar-refractivity contribution in [3.8, 4) is 22.4 Å². The fourth-order valence-electron chi connectivity index (χ4n) is 1.97. The highest BCUT2D eigenvalue weighted by Gasteiger charge is 2.09. The Kier molecular flexibility index (Phi) is 2.90. The topological polar surface area (TPSA) is 64.7 Å². The Morgan fingerprint density at radius 1 is 0.789 bits per heavy atom. The first-order valence-corrected chi connectivity index (χ1v) is 5.91. The number of pyridine rings is 3. The first-order chi connectivity index (χ1) is 9.34. The van der Waals surface area contributed by atoms with Crippen LogP contribution in [0.15, 0.2) is 61.3 Å². The molecule has 0 aromatic carbocycles. The van der Waals surface area contributed by atoms with Gasteiger partial charge in [-0.05, 0) is 35.9 Å². The molecule has 3 heterocycles. The van der Waals surface area contributed by atoms with Crippen molar-refractivity contribution in [3.05, 3.63) is 61.3 Å². The Labute approximate surface area is 111 Å². The number of anilines is 1. The summed E-state index contributed by atoms with van der Waals surface area (Å²) >= 11 is 0. The molecule has 0 bridgehead atoms. The first-order valence-electron chi connectivity index (χ1n) is 5.91. The van der Waals surface area contributed by atoms with Gasteiger partial charge in [0.15, 0.2) is 0 Å². The zero-order valence-electron chi connectivity index (χ0n) is 10.2. The molecule has 4 heteroatoms. The Morgan fingerprint density at radius 2 is 1.37 bits per heavy atom. The highest BCUT2D eigenvalue weighted by atomic mass is 14.7. The maximum atomic E-state index is 5.85. The second kappa shape index (κ2) is 4.86. The van der Waals surface area contributed by atoms with Crippen molar-refractivity contribution in [1.29, 1.82) is 0 Å². The molecule has 0 aliphatic heterocycles. The van der Waals surface area contributed by atoms with Gasteiger partial charge in [0.25, 0.3) is 0 Å². The van der Waals surface area contributed by atoms with Gasteiger partial charge >= 0.3 is 0 Å². The lowest BCUT2D eigenvalue weighted by Gasteiger charge is -2.09. The molecule has 0 aliphatic carbocycles. The molecule has 0 amide bonds. The maximum absolute atomic E-state index is 5.85. The van der Waals surface area contributed by atoms with Gasteiger partial charge in [-0.2, -0.15) is 0 Å². The number of nitrogen functional groups attached to an aromatic ring is 1. The van der Waals surface area contributed by atoms with Crippen LogP contribution in [0, 0.1) is 0 Å². The molecule has 0 radical (unpaired) electrons. The summed E-state index contributed by atoms with van der Waals surface area (Å²) in [6.45, 7) is 0. The zero-order valence-corrected chi connectivity index (χ0v) is 10.2.